The van der Waals surface area contributed by atoms with E-state index in [0.717, 1.165) is 12.1 Å². The number of hydrogen-bond acceptors (Lipinski definition) is 5. The van der Waals surface area contributed by atoms with Gasteiger partial charge in [-0.1, -0.05) is 13.8 Å². The number of methoxy groups -OCH3 is 1. The highest BCUT2D eigenvalue weighted by Gasteiger charge is 2.44. The molecule has 0 bridgehead atoms. The second kappa shape index (κ2) is 6.94. The first-order valence-electron chi connectivity index (χ1n) is 7.91. The molecule has 1 unspecified atom stereocenters. The fraction of sp³-hybridized carbons (Fsp3) is 0.706. The normalized spacial score (nSPS) is 19.7. The Morgan fingerprint density at radius 1 is 1.45 bits per heavy atom. The summed E-state index contributed by atoms with van der Waals surface area (Å²) in [7, 11) is 1.62. The molecule has 0 radical (unpaired) electrons. The Morgan fingerprint density at radius 3 is 2.77 bits per heavy atom. The zero-order valence-electron chi connectivity index (χ0n) is 14.1. The molecule has 2 rings (SSSR count). The Labute approximate surface area is 133 Å². The minimum atomic E-state index is -0.673. The van der Waals surface area contributed by atoms with Gasteiger partial charge in [-0.25, -0.2) is 4.98 Å². The van der Waals surface area contributed by atoms with Gasteiger partial charge in [-0.3, -0.25) is 0 Å². The van der Waals surface area contributed by atoms with E-state index < -0.39 is 5.60 Å². The maximum absolute atomic E-state index is 10.9. The van der Waals surface area contributed by atoms with E-state index in [9.17, 15) is 5.11 Å². The molecule has 0 saturated carbocycles. The summed E-state index contributed by atoms with van der Waals surface area (Å²) in [5.74, 6) is 0.619. The van der Waals surface area contributed by atoms with Crippen molar-refractivity contribution in [3.05, 3.63) is 23.9 Å². The molecule has 1 aromatic rings. The van der Waals surface area contributed by atoms with Gasteiger partial charge >= 0.3 is 0 Å². The highest BCUT2D eigenvalue weighted by molar-refractivity contribution is 5.23. The van der Waals surface area contributed by atoms with Gasteiger partial charge in [-0.15, -0.1) is 0 Å². The molecule has 1 fully saturated rings. The molecule has 124 valence electrons. The predicted octanol–water partition coefficient (Wildman–Crippen LogP) is 2.31. The molecule has 1 atom stereocenters. The van der Waals surface area contributed by atoms with E-state index in [1.807, 2.05) is 12.1 Å². The van der Waals surface area contributed by atoms with Crippen molar-refractivity contribution < 1.29 is 14.6 Å². The standard InChI is InChI=1S/C17H28N2O3/c1-13(14-5-8-18-15(11-14)21-4)19-12-16(2,3)17(20)6-9-22-10-7-17/h5,8,11,13,19-20H,6-7,9-10,12H2,1-4H3. The van der Waals surface area contributed by atoms with Crippen molar-refractivity contribution in [3.63, 3.8) is 0 Å². The predicted molar refractivity (Wildman–Crippen MR) is 86.0 cm³/mol. The maximum atomic E-state index is 10.9. The number of hydrogen-bond donors (Lipinski definition) is 2. The first kappa shape index (κ1) is 17.2. The number of pyridine rings is 1. The van der Waals surface area contributed by atoms with Gasteiger partial charge < -0.3 is 19.9 Å². The number of aromatic nitrogens is 1. The highest BCUT2D eigenvalue weighted by atomic mass is 16.5. The largest absolute Gasteiger partial charge is 0.481 e. The molecular weight excluding hydrogens is 280 g/mol. The molecular formula is C17H28N2O3. The van der Waals surface area contributed by atoms with Crippen LogP contribution in [0.2, 0.25) is 0 Å². The quantitative estimate of drug-likeness (QED) is 0.844. The van der Waals surface area contributed by atoms with Gasteiger partial charge in [-0.2, -0.15) is 0 Å². The molecule has 1 saturated heterocycles. The van der Waals surface area contributed by atoms with Crippen LogP contribution in [0.25, 0.3) is 0 Å². The van der Waals surface area contributed by atoms with Crippen molar-refractivity contribution in [2.24, 2.45) is 5.41 Å². The smallest absolute Gasteiger partial charge is 0.213 e. The monoisotopic (exact) mass is 308 g/mol. The lowest BCUT2D eigenvalue weighted by Crippen LogP contribution is -2.53. The Bertz CT molecular complexity index is 485. The third-order valence-corrected chi connectivity index (χ3v) is 4.90. The lowest BCUT2D eigenvalue weighted by Gasteiger charge is -2.45. The van der Waals surface area contributed by atoms with Gasteiger partial charge in [0, 0.05) is 56.3 Å². The van der Waals surface area contributed by atoms with Crippen molar-refractivity contribution in [1.29, 1.82) is 0 Å². The molecule has 0 spiro atoms. The zero-order valence-corrected chi connectivity index (χ0v) is 14.1. The van der Waals surface area contributed by atoms with Crippen LogP contribution < -0.4 is 10.1 Å². The van der Waals surface area contributed by atoms with Gasteiger partial charge in [0.2, 0.25) is 5.88 Å². The van der Waals surface area contributed by atoms with E-state index in [1.54, 1.807) is 13.3 Å². The Kier molecular flexibility index (Phi) is 5.42. The fourth-order valence-corrected chi connectivity index (χ4v) is 2.88. The minimum absolute atomic E-state index is 0.166. The SMILES string of the molecule is COc1cc(C(C)NCC(C)(C)C2(O)CCOCC2)ccn1. The van der Waals surface area contributed by atoms with E-state index in [0.29, 0.717) is 31.9 Å². The van der Waals surface area contributed by atoms with Crippen LogP contribution in [0.5, 0.6) is 5.88 Å². The topological polar surface area (TPSA) is 63.6 Å². The summed E-state index contributed by atoms with van der Waals surface area (Å²) in [5.41, 5.74) is 0.234. The molecule has 1 aliphatic heterocycles. The Hall–Kier alpha value is -1.17. The van der Waals surface area contributed by atoms with Crippen molar-refractivity contribution >= 4 is 0 Å². The highest BCUT2D eigenvalue weighted by Crippen LogP contribution is 2.38. The van der Waals surface area contributed by atoms with E-state index >= 15 is 0 Å². The summed E-state index contributed by atoms with van der Waals surface area (Å²) in [5, 5.41) is 14.4. The lowest BCUT2D eigenvalue weighted by molar-refractivity contribution is -0.131. The average Bonchev–Trinajstić information content (AvgIpc) is 2.53. The summed E-state index contributed by atoms with van der Waals surface area (Å²) in [6, 6.07) is 4.09. The average molecular weight is 308 g/mol. The number of aliphatic hydroxyl groups is 1. The van der Waals surface area contributed by atoms with Crippen molar-refractivity contribution in [1.82, 2.24) is 10.3 Å². The van der Waals surface area contributed by atoms with Gasteiger partial charge in [0.05, 0.1) is 12.7 Å². The third kappa shape index (κ3) is 3.77. The van der Waals surface area contributed by atoms with Crippen LogP contribution >= 0.6 is 0 Å². The van der Waals surface area contributed by atoms with Crippen LogP contribution in [0.4, 0.5) is 0 Å². The van der Waals surface area contributed by atoms with Gasteiger partial charge in [-0.05, 0) is 18.6 Å². The second-order valence-electron chi connectivity index (χ2n) is 6.76. The number of nitrogens with zero attached hydrogens (tertiary/aromatic N) is 1. The minimum Gasteiger partial charge on any atom is -0.481 e. The van der Waals surface area contributed by atoms with Gasteiger partial charge in [0.25, 0.3) is 0 Å². The Morgan fingerprint density at radius 2 is 2.14 bits per heavy atom. The molecule has 0 aliphatic carbocycles. The summed E-state index contributed by atoms with van der Waals surface area (Å²) in [4.78, 5) is 4.13. The molecule has 0 amide bonds. The van der Waals surface area contributed by atoms with Crippen LogP contribution in [0.3, 0.4) is 0 Å². The van der Waals surface area contributed by atoms with E-state index in [-0.39, 0.29) is 11.5 Å². The fourth-order valence-electron chi connectivity index (χ4n) is 2.88. The number of nitrogens with one attached hydrogen (secondary N) is 1. The molecule has 1 aliphatic rings. The van der Waals surface area contributed by atoms with Gasteiger partial charge in [0.15, 0.2) is 0 Å². The summed E-state index contributed by atoms with van der Waals surface area (Å²) in [6.07, 6.45) is 3.14. The molecule has 5 nitrogen and oxygen atoms in total. The van der Waals surface area contributed by atoms with Gasteiger partial charge in [0.1, 0.15) is 0 Å². The van der Waals surface area contributed by atoms with Crippen molar-refractivity contribution in [3.8, 4) is 5.88 Å². The van der Waals surface area contributed by atoms with Crippen LogP contribution in [0.1, 0.15) is 45.2 Å². The van der Waals surface area contributed by atoms with Crippen LogP contribution in [0, 0.1) is 5.41 Å². The summed E-state index contributed by atoms with van der Waals surface area (Å²) < 4.78 is 10.5. The van der Waals surface area contributed by atoms with E-state index in [2.05, 4.69) is 31.1 Å². The van der Waals surface area contributed by atoms with E-state index in [1.165, 1.54) is 0 Å². The molecule has 1 aromatic heterocycles. The van der Waals surface area contributed by atoms with E-state index in [4.69, 9.17) is 9.47 Å². The first-order valence-corrected chi connectivity index (χ1v) is 7.91. The summed E-state index contributed by atoms with van der Waals surface area (Å²) in [6.45, 7) is 8.35. The molecule has 0 aromatic carbocycles. The summed E-state index contributed by atoms with van der Waals surface area (Å²) >= 11 is 0. The molecule has 2 N–H and O–H groups in total. The zero-order chi connectivity index (χ0) is 16.2. The van der Waals surface area contributed by atoms with Crippen molar-refractivity contribution in [2.45, 2.75) is 45.3 Å². The maximum Gasteiger partial charge on any atom is 0.213 e. The Balaban J connectivity index is 1.98. The van der Waals surface area contributed by atoms with Crippen LogP contribution in [0.15, 0.2) is 18.3 Å². The third-order valence-electron chi connectivity index (χ3n) is 4.90. The number of rotatable bonds is 6. The second-order valence-corrected chi connectivity index (χ2v) is 6.76. The van der Waals surface area contributed by atoms with Crippen LogP contribution in [-0.4, -0.2) is 42.6 Å². The van der Waals surface area contributed by atoms with Crippen LogP contribution in [-0.2, 0) is 4.74 Å². The lowest BCUT2D eigenvalue weighted by atomic mass is 9.70. The molecule has 5 heteroatoms. The molecule has 22 heavy (non-hydrogen) atoms. The van der Waals surface area contributed by atoms with Crippen molar-refractivity contribution in [2.75, 3.05) is 26.9 Å². The first-order chi connectivity index (χ1) is 10.4. The molecule has 2 heterocycles. The number of ether oxygens (including phenoxy) is 2.